The Labute approximate surface area is 76.9 Å². The van der Waals surface area contributed by atoms with Crippen LogP contribution >= 0.6 is 12.4 Å². The van der Waals surface area contributed by atoms with E-state index in [1.165, 1.54) is 0 Å². The standard InChI is InChI=1S/C9H19N.ClH/c1-4-7-8-9-10(5-2)6-3;/h7-8H,4-6,9H2,1-3H3;1H. The van der Waals surface area contributed by atoms with Gasteiger partial charge in [0.25, 0.3) is 0 Å². The molecule has 0 heterocycles. The molecule has 0 bridgehead atoms. The van der Waals surface area contributed by atoms with E-state index in [0.29, 0.717) is 0 Å². The average molecular weight is 178 g/mol. The van der Waals surface area contributed by atoms with E-state index in [4.69, 9.17) is 0 Å². The van der Waals surface area contributed by atoms with Gasteiger partial charge in [-0.2, -0.15) is 0 Å². The van der Waals surface area contributed by atoms with Gasteiger partial charge in [-0.1, -0.05) is 32.9 Å². The smallest absolute Gasteiger partial charge is 0.0162 e. The van der Waals surface area contributed by atoms with Gasteiger partial charge < -0.3 is 4.90 Å². The first-order valence-corrected chi connectivity index (χ1v) is 4.22. The first-order valence-electron chi connectivity index (χ1n) is 4.22. The van der Waals surface area contributed by atoms with Crippen LogP contribution in [0.25, 0.3) is 0 Å². The molecule has 0 aromatic heterocycles. The van der Waals surface area contributed by atoms with E-state index in [1.807, 2.05) is 0 Å². The molecular weight excluding hydrogens is 158 g/mol. The van der Waals surface area contributed by atoms with Gasteiger partial charge in [0.1, 0.15) is 0 Å². The summed E-state index contributed by atoms with van der Waals surface area (Å²) in [5, 5.41) is 0. The summed E-state index contributed by atoms with van der Waals surface area (Å²) >= 11 is 0. The summed E-state index contributed by atoms with van der Waals surface area (Å²) in [6.45, 7) is 9.99. The van der Waals surface area contributed by atoms with Crippen molar-refractivity contribution in [1.29, 1.82) is 0 Å². The predicted octanol–water partition coefficient (Wildman–Crippen LogP) is 2.72. The average Bonchev–Trinajstić information content (AvgIpc) is 1.99. The molecule has 0 aliphatic rings. The Bertz CT molecular complexity index is 87.6. The zero-order valence-electron chi connectivity index (χ0n) is 7.84. The highest BCUT2D eigenvalue weighted by atomic mass is 35.5. The van der Waals surface area contributed by atoms with Crippen LogP contribution in [0.15, 0.2) is 12.2 Å². The summed E-state index contributed by atoms with van der Waals surface area (Å²) < 4.78 is 0. The molecule has 0 radical (unpaired) electrons. The van der Waals surface area contributed by atoms with Crippen molar-refractivity contribution in [2.24, 2.45) is 0 Å². The van der Waals surface area contributed by atoms with Crippen LogP contribution in [0.2, 0.25) is 0 Å². The number of likely N-dealkylation sites (N-methyl/N-ethyl adjacent to an activating group) is 1. The lowest BCUT2D eigenvalue weighted by molar-refractivity contribution is 0.337. The molecule has 11 heavy (non-hydrogen) atoms. The van der Waals surface area contributed by atoms with Gasteiger partial charge in [0.05, 0.1) is 0 Å². The largest absolute Gasteiger partial charge is 0.300 e. The molecule has 0 atom stereocenters. The maximum absolute atomic E-state index is 2.40. The summed E-state index contributed by atoms with van der Waals surface area (Å²) in [5.41, 5.74) is 0. The molecule has 2 heteroatoms. The SMILES string of the molecule is CCC=CCN(CC)CC.Cl. The second-order valence-corrected chi connectivity index (χ2v) is 2.37. The highest BCUT2D eigenvalue weighted by Gasteiger charge is 1.92. The van der Waals surface area contributed by atoms with Gasteiger partial charge in [-0.25, -0.2) is 0 Å². The predicted molar refractivity (Wildman–Crippen MR) is 54.5 cm³/mol. The van der Waals surface area contributed by atoms with Gasteiger partial charge in [0.2, 0.25) is 0 Å². The van der Waals surface area contributed by atoms with Gasteiger partial charge >= 0.3 is 0 Å². The molecule has 0 unspecified atom stereocenters. The minimum atomic E-state index is 0. The second-order valence-electron chi connectivity index (χ2n) is 2.37. The maximum atomic E-state index is 2.40. The molecule has 0 saturated carbocycles. The fourth-order valence-electron chi connectivity index (χ4n) is 0.872. The van der Waals surface area contributed by atoms with Gasteiger partial charge in [-0.05, 0) is 19.5 Å². The molecule has 0 aliphatic heterocycles. The number of allylic oxidation sites excluding steroid dienone is 1. The van der Waals surface area contributed by atoms with Crippen LogP contribution in [0.3, 0.4) is 0 Å². The Kier molecular flexibility index (Phi) is 12.3. The fourth-order valence-corrected chi connectivity index (χ4v) is 0.872. The van der Waals surface area contributed by atoms with Crippen LogP contribution in [0, 0.1) is 0 Å². The minimum absolute atomic E-state index is 0. The second kappa shape index (κ2) is 9.99. The molecule has 0 aromatic carbocycles. The van der Waals surface area contributed by atoms with E-state index in [2.05, 4.69) is 37.8 Å². The first-order chi connectivity index (χ1) is 4.85. The highest BCUT2D eigenvalue weighted by Crippen LogP contribution is 1.88. The molecule has 0 rings (SSSR count). The van der Waals surface area contributed by atoms with Crippen molar-refractivity contribution in [3.05, 3.63) is 12.2 Å². The summed E-state index contributed by atoms with van der Waals surface area (Å²) in [5.74, 6) is 0. The molecule has 0 N–H and O–H groups in total. The van der Waals surface area contributed by atoms with E-state index in [-0.39, 0.29) is 12.4 Å². The number of nitrogens with zero attached hydrogens (tertiary/aromatic N) is 1. The van der Waals surface area contributed by atoms with Crippen molar-refractivity contribution in [2.75, 3.05) is 19.6 Å². The van der Waals surface area contributed by atoms with Crippen molar-refractivity contribution in [3.8, 4) is 0 Å². The number of halogens is 1. The molecule has 0 spiro atoms. The minimum Gasteiger partial charge on any atom is -0.300 e. The first kappa shape index (κ1) is 13.6. The lowest BCUT2D eigenvalue weighted by atomic mass is 10.4. The fraction of sp³-hybridized carbons (Fsp3) is 0.778. The van der Waals surface area contributed by atoms with E-state index >= 15 is 0 Å². The molecule has 0 fully saturated rings. The number of hydrogen-bond donors (Lipinski definition) is 0. The zero-order chi connectivity index (χ0) is 7.82. The molecule has 0 saturated heterocycles. The van der Waals surface area contributed by atoms with Crippen molar-refractivity contribution in [2.45, 2.75) is 27.2 Å². The van der Waals surface area contributed by atoms with Crippen molar-refractivity contribution in [1.82, 2.24) is 4.90 Å². The number of rotatable bonds is 5. The Morgan fingerprint density at radius 2 is 1.55 bits per heavy atom. The van der Waals surface area contributed by atoms with Crippen LogP contribution in [0.1, 0.15) is 27.2 Å². The molecule has 1 nitrogen and oxygen atoms in total. The highest BCUT2D eigenvalue weighted by molar-refractivity contribution is 5.85. The van der Waals surface area contributed by atoms with Gasteiger partial charge in [0, 0.05) is 6.54 Å². The topological polar surface area (TPSA) is 3.24 Å². The van der Waals surface area contributed by atoms with Crippen LogP contribution < -0.4 is 0 Å². The number of hydrogen-bond acceptors (Lipinski definition) is 1. The quantitative estimate of drug-likeness (QED) is 0.584. The van der Waals surface area contributed by atoms with E-state index in [9.17, 15) is 0 Å². The van der Waals surface area contributed by atoms with Crippen LogP contribution in [-0.4, -0.2) is 24.5 Å². The Morgan fingerprint density at radius 3 is 1.91 bits per heavy atom. The third-order valence-electron chi connectivity index (χ3n) is 1.66. The Balaban J connectivity index is 0. The van der Waals surface area contributed by atoms with E-state index in [0.717, 1.165) is 26.1 Å². The third-order valence-corrected chi connectivity index (χ3v) is 1.66. The van der Waals surface area contributed by atoms with Crippen LogP contribution in [0.4, 0.5) is 0 Å². The summed E-state index contributed by atoms with van der Waals surface area (Å²) in [7, 11) is 0. The summed E-state index contributed by atoms with van der Waals surface area (Å²) in [6, 6.07) is 0. The van der Waals surface area contributed by atoms with Gasteiger partial charge in [-0.15, -0.1) is 12.4 Å². The molecule has 0 aliphatic carbocycles. The molecule has 0 aromatic rings. The van der Waals surface area contributed by atoms with Gasteiger partial charge in [0.15, 0.2) is 0 Å². The molecule has 68 valence electrons. The monoisotopic (exact) mass is 177 g/mol. The van der Waals surface area contributed by atoms with E-state index < -0.39 is 0 Å². The molecular formula is C9H20ClN. The summed E-state index contributed by atoms with van der Waals surface area (Å²) in [4.78, 5) is 2.40. The van der Waals surface area contributed by atoms with Crippen molar-refractivity contribution < 1.29 is 0 Å². The Hall–Kier alpha value is -0.0100. The van der Waals surface area contributed by atoms with Gasteiger partial charge in [-0.3, -0.25) is 0 Å². The van der Waals surface area contributed by atoms with E-state index in [1.54, 1.807) is 0 Å². The Morgan fingerprint density at radius 1 is 1.00 bits per heavy atom. The van der Waals surface area contributed by atoms with Crippen molar-refractivity contribution in [3.63, 3.8) is 0 Å². The lowest BCUT2D eigenvalue weighted by Crippen LogP contribution is -2.22. The molecule has 0 amide bonds. The van der Waals surface area contributed by atoms with Crippen LogP contribution in [0.5, 0.6) is 0 Å². The zero-order valence-corrected chi connectivity index (χ0v) is 8.66. The van der Waals surface area contributed by atoms with Crippen molar-refractivity contribution >= 4 is 12.4 Å². The maximum Gasteiger partial charge on any atom is 0.0162 e. The normalized spacial score (nSPS) is 10.5. The van der Waals surface area contributed by atoms with Crippen LogP contribution in [-0.2, 0) is 0 Å². The summed E-state index contributed by atoms with van der Waals surface area (Å²) in [6.07, 6.45) is 5.62. The lowest BCUT2D eigenvalue weighted by Gasteiger charge is -2.14. The third kappa shape index (κ3) is 7.89.